The number of rotatable bonds is 10. The van der Waals surface area contributed by atoms with Gasteiger partial charge >= 0.3 is 30.5 Å². The highest BCUT2D eigenvalue weighted by Gasteiger charge is 2.77. The zero-order valence-corrected chi connectivity index (χ0v) is 18.0. The number of hydrogen-bond donors (Lipinski definition) is 0. The zero-order chi connectivity index (χ0) is 29.3. The molecule has 4 nitrogen and oxygen atoms in total. The quantitative estimate of drug-likeness (QED) is 0.173. The van der Waals surface area contributed by atoms with Gasteiger partial charge in [0.15, 0.2) is 6.61 Å². The van der Waals surface area contributed by atoms with Gasteiger partial charge < -0.3 is 9.47 Å². The molecule has 0 rings (SSSR count). The van der Waals surface area contributed by atoms with Gasteiger partial charge in [0.05, 0.1) is 7.18 Å². The highest BCUT2D eigenvalue weighted by Crippen LogP contribution is 2.58. The van der Waals surface area contributed by atoms with Crippen LogP contribution in [0.3, 0.4) is 0 Å². The number of methoxy groups -OCH3 is 1. The van der Waals surface area contributed by atoms with Crippen molar-refractivity contribution < 1.29 is 84.9 Å². The van der Waals surface area contributed by atoms with Gasteiger partial charge in [-0.3, -0.25) is 4.39 Å². The predicted molar refractivity (Wildman–Crippen MR) is 86.8 cm³/mol. The number of carbonyl (C=O) groups excluding carboxylic acids is 1. The fourth-order valence-corrected chi connectivity index (χ4v) is 1.80. The lowest BCUT2D eigenvalue weighted by molar-refractivity contribution is -0.479. The molecular formula is C16H19F15O4. The lowest BCUT2D eigenvalue weighted by atomic mass is 9.76. The van der Waals surface area contributed by atoms with E-state index < -0.39 is 61.0 Å². The van der Waals surface area contributed by atoms with Crippen LogP contribution in [0.4, 0.5) is 65.9 Å². The van der Waals surface area contributed by atoms with E-state index in [0.717, 1.165) is 0 Å². The first-order valence-corrected chi connectivity index (χ1v) is 8.22. The molecule has 0 amide bonds. The molecule has 0 unspecified atom stereocenters. The summed E-state index contributed by atoms with van der Waals surface area (Å²) in [5, 5.41) is 0. The lowest BCUT2D eigenvalue weighted by Gasteiger charge is -2.41. The van der Waals surface area contributed by atoms with Gasteiger partial charge in [-0.25, -0.2) is 31.5 Å². The number of carbonyl (C=O) groups is 1. The second kappa shape index (κ2) is 12.9. The molecule has 0 atom stereocenters. The van der Waals surface area contributed by atoms with Crippen molar-refractivity contribution in [1.82, 2.24) is 0 Å². The van der Waals surface area contributed by atoms with Crippen molar-refractivity contribution in [2.75, 3.05) is 27.6 Å². The number of alkyl halides is 15. The van der Waals surface area contributed by atoms with Crippen LogP contribution in [0, 0.1) is 5.41 Å². The Bertz CT molecular complexity index is 615. The van der Waals surface area contributed by atoms with Crippen molar-refractivity contribution in [2.24, 2.45) is 5.41 Å². The summed E-state index contributed by atoms with van der Waals surface area (Å²) in [5.74, 6) is -11.2. The third-order valence-electron chi connectivity index (χ3n) is 3.60. The summed E-state index contributed by atoms with van der Waals surface area (Å²) in [6.45, 7) is -2.78. The molecule has 0 bridgehead atoms. The van der Waals surface area contributed by atoms with Crippen LogP contribution in [0.1, 0.15) is 13.8 Å². The maximum Gasteiger partial charge on any atom is 0.452 e. The molecule has 0 aliphatic heterocycles. The summed E-state index contributed by atoms with van der Waals surface area (Å²) in [6.07, 6.45) is -21.3. The van der Waals surface area contributed by atoms with Crippen molar-refractivity contribution in [3.8, 4) is 0 Å². The van der Waals surface area contributed by atoms with E-state index in [1.54, 1.807) is 0 Å². The molecule has 212 valence electrons. The summed E-state index contributed by atoms with van der Waals surface area (Å²) < 4.78 is 193. The smallest absolute Gasteiger partial charge is 0.452 e. The molecule has 35 heavy (non-hydrogen) atoms. The van der Waals surface area contributed by atoms with Gasteiger partial charge in [-0.2, -0.15) is 39.5 Å². The fourth-order valence-electron chi connectivity index (χ4n) is 1.80. The van der Waals surface area contributed by atoms with Crippen LogP contribution in [0.25, 0.3) is 0 Å². The molecule has 0 spiro atoms. The summed E-state index contributed by atoms with van der Waals surface area (Å²) in [6, 6.07) is 0. The fraction of sp³-hybridized carbons (Fsp3) is 0.812. The van der Waals surface area contributed by atoms with Crippen LogP contribution >= 0.6 is 0 Å². The van der Waals surface area contributed by atoms with Crippen LogP contribution in [0.15, 0.2) is 12.7 Å². The van der Waals surface area contributed by atoms with Crippen molar-refractivity contribution in [3.63, 3.8) is 0 Å². The van der Waals surface area contributed by atoms with Crippen molar-refractivity contribution in [2.45, 2.75) is 50.2 Å². The van der Waals surface area contributed by atoms with Crippen molar-refractivity contribution >= 4 is 5.97 Å². The van der Waals surface area contributed by atoms with Gasteiger partial charge in [0.25, 0.3) is 11.8 Å². The Hall–Kier alpha value is -1.92. The second-order valence-corrected chi connectivity index (χ2v) is 6.10. The van der Waals surface area contributed by atoms with E-state index >= 15 is 0 Å². The van der Waals surface area contributed by atoms with Gasteiger partial charge in [-0.1, -0.05) is 6.58 Å². The Morgan fingerprint density at radius 3 is 1.37 bits per heavy atom. The van der Waals surface area contributed by atoms with Crippen LogP contribution in [-0.2, 0) is 19.0 Å². The van der Waals surface area contributed by atoms with Gasteiger partial charge in [0, 0.05) is 27.0 Å². The van der Waals surface area contributed by atoms with Gasteiger partial charge in [-0.15, -0.1) is 0 Å². The van der Waals surface area contributed by atoms with Crippen LogP contribution in [-0.4, -0.2) is 69.9 Å². The van der Waals surface area contributed by atoms with Crippen molar-refractivity contribution in [3.05, 3.63) is 12.7 Å². The topological polar surface area (TPSA) is 44.8 Å². The summed E-state index contributed by atoms with van der Waals surface area (Å²) in [4.78, 5) is 10.4. The Morgan fingerprint density at radius 2 is 1.17 bits per heavy atom. The maximum atomic E-state index is 12.7. The first kappa shape index (κ1) is 37.6. The van der Waals surface area contributed by atoms with E-state index in [9.17, 15) is 70.7 Å². The zero-order valence-electron chi connectivity index (χ0n) is 18.0. The SMILES string of the molecule is C=CC(=O)OCC(F)(F)OC(F)(F)C(F)(F)OC.CC(F)(F)C(CF)(C(C)(F)F)C(F)(F)F.CF. The standard InChI is InChI=1S/C8H8F6O4.C7H8F8.CH3F/c1-3-5(15)17-4-6(9,10)18-8(13,14)7(11,12)16-2;1-4(9,10)6(3-8,5(2,11)12)7(13,14)15;1-2/h3H,1,4H2,2H3;3H2,1-2H3;1H3. The second-order valence-electron chi connectivity index (χ2n) is 6.10. The van der Waals surface area contributed by atoms with Gasteiger partial charge in [0.2, 0.25) is 5.41 Å². The highest BCUT2D eigenvalue weighted by molar-refractivity contribution is 5.81. The van der Waals surface area contributed by atoms with Gasteiger partial charge in [0.1, 0.15) is 6.67 Å². The number of hydrogen-bond acceptors (Lipinski definition) is 4. The number of esters is 1. The molecule has 0 aromatic carbocycles. The molecule has 0 saturated heterocycles. The Balaban J connectivity index is -0.000000554. The summed E-state index contributed by atoms with van der Waals surface area (Å²) in [5.41, 5.74) is -4.98. The minimum Gasteiger partial charge on any atom is -0.453 e. The van der Waals surface area contributed by atoms with E-state index in [1.807, 2.05) is 0 Å². The largest absolute Gasteiger partial charge is 0.453 e. The Morgan fingerprint density at radius 1 is 0.800 bits per heavy atom. The number of halogens is 15. The van der Waals surface area contributed by atoms with Crippen molar-refractivity contribution in [1.29, 1.82) is 0 Å². The van der Waals surface area contributed by atoms with Gasteiger partial charge in [-0.05, 0) is 0 Å². The predicted octanol–water partition coefficient (Wildman–Crippen LogP) is 6.56. The minimum atomic E-state index is -6.04. The Kier molecular flexibility index (Phi) is 13.8. The molecule has 19 heteroatoms. The highest BCUT2D eigenvalue weighted by atomic mass is 19.4. The summed E-state index contributed by atoms with van der Waals surface area (Å²) >= 11 is 0. The minimum absolute atomic E-state index is 0.174. The molecule has 0 radical (unpaired) electrons. The molecule has 0 aliphatic rings. The molecular weight excluding hydrogens is 541 g/mol. The van der Waals surface area contributed by atoms with Crippen LogP contribution < -0.4 is 0 Å². The number of ether oxygens (including phenoxy) is 3. The first-order valence-electron chi connectivity index (χ1n) is 8.22. The average molecular weight is 560 g/mol. The normalized spacial score (nSPS) is 13.7. The van der Waals surface area contributed by atoms with E-state index in [-0.39, 0.29) is 21.0 Å². The molecule has 0 saturated carbocycles. The monoisotopic (exact) mass is 560 g/mol. The molecule has 0 heterocycles. The van der Waals surface area contributed by atoms with Crippen LogP contribution in [0.5, 0.6) is 0 Å². The maximum absolute atomic E-state index is 12.7. The van der Waals surface area contributed by atoms with E-state index in [0.29, 0.717) is 13.3 Å². The first-order chi connectivity index (χ1) is 15.3. The molecule has 0 fully saturated rings. The third-order valence-corrected chi connectivity index (χ3v) is 3.60. The Labute approximate surface area is 188 Å². The van der Waals surface area contributed by atoms with E-state index in [2.05, 4.69) is 20.8 Å². The van der Waals surface area contributed by atoms with E-state index in [4.69, 9.17) is 0 Å². The molecule has 0 N–H and O–H groups in total. The molecule has 0 aliphatic carbocycles. The van der Waals surface area contributed by atoms with Crippen LogP contribution in [0.2, 0.25) is 0 Å². The average Bonchev–Trinajstić information content (AvgIpc) is 2.64. The van der Waals surface area contributed by atoms with E-state index in [1.165, 1.54) is 0 Å². The molecule has 0 aromatic heterocycles. The lowest BCUT2D eigenvalue weighted by Crippen LogP contribution is -2.62. The molecule has 0 aromatic rings. The third kappa shape index (κ3) is 9.92. The summed E-state index contributed by atoms with van der Waals surface area (Å²) in [7, 11) is 0.674.